The Labute approximate surface area is 111 Å². The maximum Gasteiger partial charge on any atom is 0.0320 e. The Bertz CT molecular complexity index is 406. The van der Waals surface area contributed by atoms with Crippen LogP contribution in [0.3, 0.4) is 0 Å². The number of nitrogens with one attached hydrogen (secondary N) is 1. The van der Waals surface area contributed by atoms with Gasteiger partial charge in [-0.05, 0) is 56.7 Å². The molecule has 98 valence electrons. The van der Waals surface area contributed by atoms with Gasteiger partial charge in [-0.3, -0.25) is 0 Å². The minimum absolute atomic E-state index is 0.550. The average molecular weight is 243 g/mol. The van der Waals surface area contributed by atoms with Gasteiger partial charge in [0.25, 0.3) is 0 Å². The number of aryl methyl sites for hydroxylation is 1. The Kier molecular flexibility index (Phi) is 5.00. The monoisotopic (exact) mass is 243 g/mol. The molecule has 1 unspecified atom stereocenters. The molecule has 1 aromatic rings. The first kappa shape index (κ1) is 13.4. The van der Waals surface area contributed by atoms with Gasteiger partial charge in [-0.25, -0.2) is 0 Å². The number of allylic oxidation sites excluding steroid dienone is 1. The minimum atomic E-state index is 0.550. The first-order chi connectivity index (χ1) is 8.81. The fourth-order valence-electron chi connectivity index (χ4n) is 2.72. The van der Waals surface area contributed by atoms with Crippen LogP contribution in [-0.2, 0) is 6.42 Å². The van der Waals surface area contributed by atoms with Crippen LogP contribution in [0.4, 0.5) is 0 Å². The Balaban J connectivity index is 2.07. The van der Waals surface area contributed by atoms with E-state index in [0.29, 0.717) is 6.04 Å². The van der Waals surface area contributed by atoms with Gasteiger partial charge in [0.05, 0.1) is 0 Å². The average Bonchev–Trinajstić information content (AvgIpc) is 2.90. The van der Waals surface area contributed by atoms with E-state index >= 15 is 0 Å². The lowest BCUT2D eigenvalue weighted by Crippen LogP contribution is -2.33. The van der Waals surface area contributed by atoms with Crippen molar-refractivity contribution in [2.75, 3.05) is 6.54 Å². The SMILES string of the molecule is CCCNC(Cc1ccccc1C)C1=CCCC1. The summed E-state index contributed by atoms with van der Waals surface area (Å²) in [6, 6.07) is 9.32. The maximum absolute atomic E-state index is 3.72. The van der Waals surface area contributed by atoms with E-state index in [2.05, 4.69) is 49.5 Å². The third kappa shape index (κ3) is 3.46. The van der Waals surface area contributed by atoms with Crippen LogP contribution in [0, 0.1) is 6.92 Å². The Morgan fingerprint density at radius 1 is 1.28 bits per heavy atom. The van der Waals surface area contributed by atoms with E-state index in [1.54, 1.807) is 5.57 Å². The van der Waals surface area contributed by atoms with Gasteiger partial charge in [0, 0.05) is 6.04 Å². The van der Waals surface area contributed by atoms with E-state index in [1.165, 1.54) is 36.8 Å². The predicted octanol–water partition coefficient (Wildman–Crippen LogP) is 4.02. The van der Waals surface area contributed by atoms with Crippen LogP contribution in [0.15, 0.2) is 35.9 Å². The molecule has 0 heterocycles. The van der Waals surface area contributed by atoms with Gasteiger partial charge < -0.3 is 5.32 Å². The molecule has 1 N–H and O–H groups in total. The summed E-state index contributed by atoms with van der Waals surface area (Å²) in [4.78, 5) is 0. The second kappa shape index (κ2) is 6.75. The van der Waals surface area contributed by atoms with Crippen LogP contribution in [0.25, 0.3) is 0 Å². The lowest BCUT2D eigenvalue weighted by molar-refractivity contribution is 0.551. The Hall–Kier alpha value is -1.08. The van der Waals surface area contributed by atoms with E-state index in [4.69, 9.17) is 0 Å². The fourth-order valence-corrected chi connectivity index (χ4v) is 2.72. The number of rotatable bonds is 6. The standard InChI is InChI=1S/C17H25N/c1-3-12-18-17(15-9-6-7-10-15)13-16-11-5-4-8-14(16)2/h4-5,8-9,11,17-18H,3,6-7,10,12-13H2,1-2H3. The largest absolute Gasteiger partial charge is 0.310 e. The topological polar surface area (TPSA) is 12.0 Å². The molecule has 1 atom stereocenters. The number of hydrogen-bond acceptors (Lipinski definition) is 1. The molecule has 0 fully saturated rings. The molecule has 0 bridgehead atoms. The zero-order valence-electron chi connectivity index (χ0n) is 11.7. The summed E-state index contributed by atoms with van der Waals surface area (Å²) >= 11 is 0. The maximum atomic E-state index is 3.72. The van der Waals surface area contributed by atoms with Crippen molar-refractivity contribution in [1.82, 2.24) is 5.32 Å². The summed E-state index contributed by atoms with van der Waals surface area (Å²) in [5.41, 5.74) is 4.53. The Morgan fingerprint density at radius 2 is 2.11 bits per heavy atom. The molecule has 1 aliphatic rings. The highest BCUT2D eigenvalue weighted by molar-refractivity contribution is 5.29. The van der Waals surface area contributed by atoms with Crippen molar-refractivity contribution in [3.63, 3.8) is 0 Å². The van der Waals surface area contributed by atoms with Gasteiger partial charge in [-0.1, -0.05) is 42.8 Å². The van der Waals surface area contributed by atoms with Crippen molar-refractivity contribution in [3.8, 4) is 0 Å². The normalized spacial score (nSPS) is 16.7. The molecule has 1 heteroatoms. The summed E-state index contributed by atoms with van der Waals surface area (Å²) in [6.45, 7) is 5.57. The lowest BCUT2D eigenvalue weighted by Gasteiger charge is -2.21. The van der Waals surface area contributed by atoms with Gasteiger partial charge in [0.2, 0.25) is 0 Å². The van der Waals surface area contributed by atoms with Gasteiger partial charge in [-0.15, -0.1) is 0 Å². The van der Waals surface area contributed by atoms with Crippen molar-refractivity contribution < 1.29 is 0 Å². The van der Waals surface area contributed by atoms with Crippen LogP contribution in [0.2, 0.25) is 0 Å². The molecule has 18 heavy (non-hydrogen) atoms. The van der Waals surface area contributed by atoms with E-state index in [0.717, 1.165) is 13.0 Å². The quantitative estimate of drug-likeness (QED) is 0.744. The second-order valence-electron chi connectivity index (χ2n) is 5.31. The fraction of sp³-hybridized carbons (Fsp3) is 0.529. The van der Waals surface area contributed by atoms with E-state index in [1.807, 2.05) is 0 Å². The molecule has 0 aliphatic heterocycles. The van der Waals surface area contributed by atoms with Crippen molar-refractivity contribution in [3.05, 3.63) is 47.0 Å². The Morgan fingerprint density at radius 3 is 2.78 bits per heavy atom. The molecule has 0 spiro atoms. The number of benzene rings is 1. The zero-order valence-corrected chi connectivity index (χ0v) is 11.7. The van der Waals surface area contributed by atoms with Crippen LogP contribution >= 0.6 is 0 Å². The van der Waals surface area contributed by atoms with Crippen molar-refractivity contribution >= 4 is 0 Å². The molecule has 0 saturated heterocycles. The van der Waals surface area contributed by atoms with Crippen molar-refractivity contribution in [2.24, 2.45) is 0 Å². The van der Waals surface area contributed by atoms with Crippen LogP contribution in [0.5, 0.6) is 0 Å². The van der Waals surface area contributed by atoms with E-state index < -0.39 is 0 Å². The summed E-state index contributed by atoms with van der Waals surface area (Å²) in [6.07, 6.45) is 8.69. The lowest BCUT2D eigenvalue weighted by atomic mass is 9.95. The molecule has 1 aromatic carbocycles. The summed E-state index contributed by atoms with van der Waals surface area (Å²) < 4.78 is 0. The van der Waals surface area contributed by atoms with Crippen LogP contribution < -0.4 is 5.32 Å². The molecule has 0 radical (unpaired) electrons. The highest BCUT2D eigenvalue weighted by Crippen LogP contribution is 2.24. The number of hydrogen-bond donors (Lipinski definition) is 1. The van der Waals surface area contributed by atoms with Gasteiger partial charge in [0.15, 0.2) is 0 Å². The molecular weight excluding hydrogens is 218 g/mol. The van der Waals surface area contributed by atoms with Crippen LogP contribution in [-0.4, -0.2) is 12.6 Å². The van der Waals surface area contributed by atoms with Gasteiger partial charge in [0.1, 0.15) is 0 Å². The van der Waals surface area contributed by atoms with Gasteiger partial charge in [-0.2, -0.15) is 0 Å². The smallest absolute Gasteiger partial charge is 0.0320 e. The van der Waals surface area contributed by atoms with Crippen LogP contribution in [0.1, 0.15) is 43.7 Å². The molecular formula is C17H25N. The van der Waals surface area contributed by atoms with Gasteiger partial charge >= 0.3 is 0 Å². The molecule has 1 nitrogen and oxygen atoms in total. The molecule has 1 aliphatic carbocycles. The highest BCUT2D eigenvalue weighted by atomic mass is 14.9. The minimum Gasteiger partial charge on any atom is -0.310 e. The molecule has 0 amide bonds. The summed E-state index contributed by atoms with van der Waals surface area (Å²) in [7, 11) is 0. The van der Waals surface area contributed by atoms with Crippen molar-refractivity contribution in [2.45, 2.75) is 52.0 Å². The molecule has 2 rings (SSSR count). The summed E-state index contributed by atoms with van der Waals surface area (Å²) in [5.74, 6) is 0. The predicted molar refractivity (Wildman–Crippen MR) is 78.9 cm³/mol. The van der Waals surface area contributed by atoms with Crippen molar-refractivity contribution in [1.29, 1.82) is 0 Å². The first-order valence-electron chi connectivity index (χ1n) is 7.28. The second-order valence-corrected chi connectivity index (χ2v) is 5.31. The summed E-state index contributed by atoms with van der Waals surface area (Å²) in [5, 5.41) is 3.72. The zero-order chi connectivity index (χ0) is 12.8. The van der Waals surface area contributed by atoms with E-state index in [9.17, 15) is 0 Å². The third-order valence-corrected chi connectivity index (χ3v) is 3.85. The van der Waals surface area contributed by atoms with E-state index in [-0.39, 0.29) is 0 Å². The molecule has 0 aromatic heterocycles. The molecule has 0 saturated carbocycles. The third-order valence-electron chi connectivity index (χ3n) is 3.85. The highest BCUT2D eigenvalue weighted by Gasteiger charge is 2.17. The first-order valence-corrected chi connectivity index (χ1v) is 7.28.